The van der Waals surface area contributed by atoms with E-state index < -0.39 is 42.2 Å². The lowest BCUT2D eigenvalue weighted by atomic mass is 9.80. The number of nitriles is 1. The normalized spacial score (nSPS) is 18.0. The van der Waals surface area contributed by atoms with Gasteiger partial charge in [0.05, 0.1) is 30.3 Å². The minimum atomic E-state index is -3.03. The zero-order chi connectivity index (χ0) is 32.0. The molecule has 2 saturated carbocycles. The van der Waals surface area contributed by atoms with E-state index in [1.807, 2.05) is 0 Å². The minimum absolute atomic E-state index is 0.0428. The number of likely N-dealkylation sites (tertiary alicyclic amines) is 1. The van der Waals surface area contributed by atoms with Crippen molar-refractivity contribution in [1.82, 2.24) is 19.8 Å². The van der Waals surface area contributed by atoms with Gasteiger partial charge in [-0.2, -0.15) is 5.26 Å². The van der Waals surface area contributed by atoms with Crippen LogP contribution in [-0.4, -0.2) is 51.3 Å². The van der Waals surface area contributed by atoms with Crippen LogP contribution in [-0.2, 0) is 13.6 Å². The van der Waals surface area contributed by atoms with E-state index in [0.29, 0.717) is 24.2 Å². The Balaban J connectivity index is 1.32. The lowest BCUT2D eigenvalue weighted by Crippen LogP contribution is -2.58. The number of nitrogens with one attached hydrogen (secondary N) is 2. The van der Waals surface area contributed by atoms with Crippen LogP contribution < -0.4 is 16.2 Å². The molecule has 12 heteroatoms. The highest BCUT2D eigenvalue weighted by Crippen LogP contribution is 2.42. The number of carbonyl (C=O) groups is 2. The van der Waals surface area contributed by atoms with Crippen LogP contribution in [0, 0.1) is 23.1 Å². The van der Waals surface area contributed by atoms with Crippen LogP contribution in [0.25, 0.3) is 11.1 Å². The van der Waals surface area contributed by atoms with Gasteiger partial charge in [-0.25, -0.2) is 18.2 Å². The highest BCUT2D eigenvalue weighted by atomic mass is 19.3. The van der Waals surface area contributed by atoms with E-state index in [0.717, 1.165) is 29.4 Å². The molecule has 3 heterocycles. The molecule has 2 aromatic heterocycles. The summed E-state index contributed by atoms with van der Waals surface area (Å²) in [6.07, 6.45) is 6.92. The molecule has 0 radical (unpaired) electrons. The van der Waals surface area contributed by atoms with Gasteiger partial charge in [-0.3, -0.25) is 14.4 Å². The number of halogens is 3. The maximum atomic E-state index is 15.6. The summed E-state index contributed by atoms with van der Waals surface area (Å²) in [5, 5.41) is 15.6. The third-order valence-corrected chi connectivity index (χ3v) is 8.92. The van der Waals surface area contributed by atoms with Gasteiger partial charge in [0.15, 0.2) is 0 Å². The zero-order valence-corrected chi connectivity index (χ0v) is 25.0. The van der Waals surface area contributed by atoms with Crippen molar-refractivity contribution in [3.05, 3.63) is 80.6 Å². The van der Waals surface area contributed by atoms with Gasteiger partial charge in [-0.15, -0.1) is 0 Å². The first kappa shape index (κ1) is 30.5. The van der Waals surface area contributed by atoms with Gasteiger partial charge in [0.1, 0.15) is 17.2 Å². The van der Waals surface area contributed by atoms with Gasteiger partial charge in [0, 0.05) is 43.0 Å². The molecule has 0 bridgehead atoms. The second-order valence-electron chi connectivity index (χ2n) is 12.4. The molecular formula is C33H33F3N6O3. The van der Waals surface area contributed by atoms with Gasteiger partial charge in [0.25, 0.3) is 23.3 Å². The molecule has 1 aliphatic heterocycles. The lowest BCUT2D eigenvalue weighted by Gasteiger charge is -2.39. The van der Waals surface area contributed by atoms with Gasteiger partial charge in [-0.1, -0.05) is 6.42 Å². The Morgan fingerprint density at radius 2 is 1.84 bits per heavy atom. The second kappa shape index (κ2) is 11.8. The molecule has 3 aliphatic rings. The Morgan fingerprint density at radius 3 is 2.47 bits per heavy atom. The SMILES string of the molecule is C[C@H](NCc1cc(C(=O)Nc2cc(-c3c(F)cc(C#N)cc3C(=O)N3CC(F)(F)C3)cc(C3CC3)n2)c(=O)n(C)c1)C1CCC1. The summed E-state index contributed by atoms with van der Waals surface area (Å²) in [7, 11) is 1.57. The maximum absolute atomic E-state index is 15.6. The number of hydrogen-bond acceptors (Lipinski definition) is 6. The van der Waals surface area contributed by atoms with E-state index in [-0.39, 0.29) is 39.6 Å². The highest BCUT2D eigenvalue weighted by molar-refractivity contribution is 6.05. The summed E-state index contributed by atoms with van der Waals surface area (Å²) < 4.78 is 44.1. The Morgan fingerprint density at radius 1 is 1.11 bits per heavy atom. The monoisotopic (exact) mass is 618 g/mol. The quantitative estimate of drug-likeness (QED) is 0.350. The summed E-state index contributed by atoms with van der Waals surface area (Å²) in [5.74, 6) is -4.74. The summed E-state index contributed by atoms with van der Waals surface area (Å²) in [4.78, 5) is 45.2. The Labute approximate surface area is 258 Å². The molecule has 234 valence electrons. The van der Waals surface area contributed by atoms with E-state index in [9.17, 15) is 28.4 Å². The molecule has 2 N–H and O–H groups in total. The van der Waals surface area contributed by atoms with E-state index in [2.05, 4.69) is 22.5 Å². The number of anilines is 1. The van der Waals surface area contributed by atoms with Crippen molar-refractivity contribution < 1.29 is 22.8 Å². The first-order valence-corrected chi connectivity index (χ1v) is 15.1. The number of alkyl halides is 2. The molecule has 2 aliphatic carbocycles. The minimum Gasteiger partial charge on any atom is -0.326 e. The van der Waals surface area contributed by atoms with Crippen molar-refractivity contribution in [3.8, 4) is 17.2 Å². The topological polar surface area (TPSA) is 120 Å². The Hall–Kier alpha value is -4.50. The van der Waals surface area contributed by atoms with E-state index in [4.69, 9.17) is 0 Å². The van der Waals surface area contributed by atoms with Gasteiger partial charge in [0.2, 0.25) is 0 Å². The van der Waals surface area contributed by atoms with Crippen LogP contribution in [0.4, 0.5) is 19.0 Å². The molecule has 6 rings (SSSR count). The van der Waals surface area contributed by atoms with Crippen LogP contribution in [0.3, 0.4) is 0 Å². The summed E-state index contributed by atoms with van der Waals surface area (Å²) in [6.45, 7) is 0.989. The zero-order valence-electron chi connectivity index (χ0n) is 25.0. The third-order valence-electron chi connectivity index (χ3n) is 8.92. The number of benzene rings is 1. The summed E-state index contributed by atoms with van der Waals surface area (Å²) >= 11 is 0. The van der Waals surface area contributed by atoms with Crippen molar-refractivity contribution >= 4 is 17.6 Å². The molecule has 0 spiro atoms. The van der Waals surface area contributed by atoms with Crippen LogP contribution in [0.2, 0.25) is 0 Å². The highest BCUT2D eigenvalue weighted by Gasteiger charge is 2.47. The molecule has 9 nitrogen and oxygen atoms in total. The van der Waals surface area contributed by atoms with E-state index in [1.54, 1.807) is 31.4 Å². The van der Waals surface area contributed by atoms with Crippen molar-refractivity contribution in [1.29, 1.82) is 5.26 Å². The molecular weight excluding hydrogens is 585 g/mol. The second-order valence-corrected chi connectivity index (χ2v) is 12.4. The number of aromatic nitrogens is 2. The number of pyridine rings is 2. The van der Waals surface area contributed by atoms with Gasteiger partial charge < -0.3 is 20.1 Å². The molecule has 2 amide bonds. The fourth-order valence-corrected chi connectivity index (χ4v) is 5.92. The standard InChI is InChI=1S/C33H33F3N6O3/c1-18(21-4-3-5-21)38-14-20-9-25(31(44)41(2)15-20)30(43)40-28-12-23(11-27(39-28)22-6-7-22)29-24(8-19(13-37)10-26(29)34)32(45)42-16-33(35,36)17-42/h8-12,15,18,21-22,38H,3-7,14,16-17H2,1-2H3,(H,39,40,43)/t18-/m0/s1. The fourth-order valence-electron chi connectivity index (χ4n) is 5.92. The largest absolute Gasteiger partial charge is 0.326 e. The number of amides is 2. The maximum Gasteiger partial charge on any atom is 0.282 e. The first-order chi connectivity index (χ1) is 21.4. The van der Waals surface area contributed by atoms with E-state index >= 15 is 4.39 Å². The van der Waals surface area contributed by atoms with Crippen molar-refractivity contribution in [2.45, 2.75) is 63.5 Å². The number of rotatable bonds is 9. The molecule has 3 aromatic rings. The number of carbonyl (C=O) groups excluding carboxylic acids is 2. The number of nitrogens with zero attached hydrogens (tertiary/aromatic N) is 4. The Kier molecular flexibility index (Phi) is 7.99. The van der Waals surface area contributed by atoms with Crippen molar-refractivity contribution in [2.75, 3.05) is 18.4 Å². The lowest BCUT2D eigenvalue weighted by molar-refractivity contribution is -0.113. The molecule has 3 fully saturated rings. The average molecular weight is 619 g/mol. The van der Waals surface area contributed by atoms with Gasteiger partial charge in [-0.05, 0) is 80.0 Å². The van der Waals surface area contributed by atoms with Crippen LogP contribution >= 0.6 is 0 Å². The van der Waals surface area contributed by atoms with Crippen LogP contribution in [0.1, 0.15) is 82.5 Å². The average Bonchev–Trinajstić information content (AvgIpc) is 3.80. The third kappa shape index (κ3) is 6.35. The van der Waals surface area contributed by atoms with Crippen LogP contribution in [0.5, 0.6) is 0 Å². The molecule has 1 aromatic carbocycles. The number of aryl methyl sites for hydroxylation is 1. The predicted molar refractivity (Wildman–Crippen MR) is 160 cm³/mol. The Bertz CT molecular complexity index is 1780. The first-order valence-electron chi connectivity index (χ1n) is 15.1. The number of hydrogen-bond donors (Lipinski definition) is 2. The van der Waals surface area contributed by atoms with Crippen molar-refractivity contribution in [3.63, 3.8) is 0 Å². The smallest absolute Gasteiger partial charge is 0.282 e. The summed E-state index contributed by atoms with van der Waals surface area (Å²) in [5.41, 5.74) is 0.354. The fraction of sp³-hybridized carbons (Fsp3) is 0.424. The summed E-state index contributed by atoms with van der Waals surface area (Å²) in [6, 6.07) is 8.80. The molecule has 0 unspecified atom stereocenters. The molecule has 1 saturated heterocycles. The van der Waals surface area contributed by atoms with Crippen LogP contribution in [0.15, 0.2) is 41.3 Å². The predicted octanol–water partition coefficient (Wildman–Crippen LogP) is 4.96. The van der Waals surface area contributed by atoms with Gasteiger partial charge >= 0.3 is 0 Å². The van der Waals surface area contributed by atoms with E-state index in [1.165, 1.54) is 36.0 Å². The van der Waals surface area contributed by atoms with Crippen molar-refractivity contribution in [2.24, 2.45) is 13.0 Å². The molecule has 1 atom stereocenters. The molecule has 45 heavy (non-hydrogen) atoms.